The molecule has 2 aromatic rings. The van der Waals surface area contributed by atoms with Crippen LogP contribution in [0.5, 0.6) is 0 Å². The smallest absolute Gasteiger partial charge is 0.257 e. The minimum Gasteiger partial charge on any atom is -0.321 e. The SMILES string of the molecule is Cc1cc(Br)cc2c1NC(=O)C2=C1C(=O)Nc2ccccc21. The largest absolute Gasteiger partial charge is 0.321 e. The molecule has 22 heavy (non-hydrogen) atoms. The lowest BCUT2D eigenvalue weighted by Gasteiger charge is -2.05. The third-order valence-corrected chi connectivity index (χ3v) is 4.41. The Morgan fingerprint density at radius 2 is 1.59 bits per heavy atom. The van der Waals surface area contributed by atoms with Gasteiger partial charge in [-0.15, -0.1) is 0 Å². The zero-order valence-corrected chi connectivity index (χ0v) is 13.2. The van der Waals surface area contributed by atoms with Gasteiger partial charge in [-0.05, 0) is 30.7 Å². The fourth-order valence-corrected chi connectivity index (χ4v) is 3.59. The van der Waals surface area contributed by atoms with Gasteiger partial charge in [-0.2, -0.15) is 0 Å². The average Bonchev–Trinajstić information content (AvgIpc) is 2.95. The van der Waals surface area contributed by atoms with E-state index in [0.29, 0.717) is 11.1 Å². The molecule has 0 aliphatic carbocycles. The maximum Gasteiger partial charge on any atom is 0.257 e. The number of amides is 2. The minimum atomic E-state index is -0.239. The minimum absolute atomic E-state index is 0.238. The van der Waals surface area contributed by atoms with Crippen molar-refractivity contribution in [1.82, 2.24) is 0 Å². The van der Waals surface area contributed by atoms with E-state index in [-0.39, 0.29) is 11.8 Å². The van der Waals surface area contributed by atoms with E-state index < -0.39 is 0 Å². The first-order chi connectivity index (χ1) is 10.6. The molecule has 2 aliphatic heterocycles. The molecule has 4 rings (SSSR count). The van der Waals surface area contributed by atoms with Crippen molar-refractivity contribution in [2.24, 2.45) is 0 Å². The number of fused-ring (bicyclic) bond motifs is 2. The molecule has 2 aromatic carbocycles. The van der Waals surface area contributed by atoms with Crippen molar-refractivity contribution in [1.29, 1.82) is 0 Å². The van der Waals surface area contributed by atoms with E-state index in [0.717, 1.165) is 32.5 Å². The number of carbonyl (C=O) groups is 2. The summed E-state index contributed by atoms with van der Waals surface area (Å²) in [5.41, 5.74) is 4.86. The zero-order valence-electron chi connectivity index (χ0n) is 11.7. The monoisotopic (exact) mass is 354 g/mol. The maximum atomic E-state index is 12.5. The summed E-state index contributed by atoms with van der Waals surface area (Å²) < 4.78 is 0.880. The Labute approximate surface area is 135 Å². The van der Waals surface area contributed by atoms with Gasteiger partial charge in [0.15, 0.2) is 0 Å². The highest BCUT2D eigenvalue weighted by atomic mass is 79.9. The van der Waals surface area contributed by atoms with Crippen LogP contribution in [0.1, 0.15) is 16.7 Å². The summed E-state index contributed by atoms with van der Waals surface area (Å²) >= 11 is 3.46. The molecule has 0 spiro atoms. The Hall–Kier alpha value is -2.40. The normalized spacial score (nSPS) is 18.8. The number of hydrogen-bond donors (Lipinski definition) is 2. The van der Waals surface area contributed by atoms with E-state index in [1.807, 2.05) is 43.3 Å². The molecule has 2 aliphatic rings. The van der Waals surface area contributed by atoms with Gasteiger partial charge in [0, 0.05) is 21.3 Å². The second-order valence-electron chi connectivity index (χ2n) is 5.35. The quantitative estimate of drug-likeness (QED) is 0.710. The van der Waals surface area contributed by atoms with Crippen molar-refractivity contribution in [3.63, 3.8) is 0 Å². The molecule has 4 nitrogen and oxygen atoms in total. The number of hydrogen-bond acceptors (Lipinski definition) is 2. The van der Waals surface area contributed by atoms with E-state index in [2.05, 4.69) is 26.6 Å². The summed E-state index contributed by atoms with van der Waals surface area (Å²) in [6, 6.07) is 11.2. The molecule has 108 valence electrons. The summed E-state index contributed by atoms with van der Waals surface area (Å²) in [6.45, 7) is 1.93. The van der Waals surface area contributed by atoms with Crippen LogP contribution in [0, 0.1) is 6.92 Å². The highest BCUT2D eigenvalue weighted by Crippen LogP contribution is 2.43. The topological polar surface area (TPSA) is 58.2 Å². The van der Waals surface area contributed by atoms with Gasteiger partial charge in [-0.1, -0.05) is 34.1 Å². The lowest BCUT2D eigenvalue weighted by atomic mass is 9.95. The molecule has 0 unspecified atom stereocenters. The molecule has 0 saturated carbocycles. The molecule has 2 heterocycles. The van der Waals surface area contributed by atoms with Crippen LogP contribution in [0.2, 0.25) is 0 Å². The van der Waals surface area contributed by atoms with Crippen molar-refractivity contribution >= 4 is 50.3 Å². The highest BCUT2D eigenvalue weighted by molar-refractivity contribution is 9.10. The number of aryl methyl sites for hydroxylation is 1. The van der Waals surface area contributed by atoms with E-state index in [9.17, 15) is 9.59 Å². The number of para-hydroxylation sites is 1. The second-order valence-corrected chi connectivity index (χ2v) is 6.26. The van der Waals surface area contributed by atoms with Gasteiger partial charge < -0.3 is 10.6 Å². The summed E-state index contributed by atoms with van der Waals surface area (Å²) in [5, 5.41) is 5.69. The van der Waals surface area contributed by atoms with Crippen LogP contribution in [0.25, 0.3) is 11.1 Å². The summed E-state index contributed by atoms with van der Waals surface area (Å²) in [4.78, 5) is 24.9. The Kier molecular flexibility index (Phi) is 2.74. The van der Waals surface area contributed by atoms with E-state index in [4.69, 9.17) is 0 Å². The third-order valence-electron chi connectivity index (χ3n) is 3.96. The number of carbonyl (C=O) groups excluding carboxylic acids is 2. The van der Waals surface area contributed by atoms with Gasteiger partial charge >= 0.3 is 0 Å². The van der Waals surface area contributed by atoms with Gasteiger partial charge in [0.1, 0.15) is 0 Å². The zero-order chi connectivity index (χ0) is 15.4. The number of halogens is 1. The van der Waals surface area contributed by atoms with E-state index in [1.54, 1.807) is 0 Å². The third kappa shape index (κ3) is 1.75. The van der Waals surface area contributed by atoms with E-state index >= 15 is 0 Å². The lowest BCUT2D eigenvalue weighted by Crippen LogP contribution is -2.10. The van der Waals surface area contributed by atoms with Gasteiger partial charge in [-0.3, -0.25) is 9.59 Å². The first-order valence-electron chi connectivity index (χ1n) is 6.83. The molecule has 0 saturated heterocycles. The van der Waals surface area contributed by atoms with E-state index in [1.165, 1.54) is 0 Å². The van der Waals surface area contributed by atoms with Crippen molar-refractivity contribution in [2.45, 2.75) is 6.92 Å². The average molecular weight is 355 g/mol. The van der Waals surface area contributed by atoms with Crippen LogP contribution in [0.3, 0.4) is 0 Å². The van der Waals surface area contributed by atoms with Crippen LogP contribution in [-0.2, 0) is 9.59 Å². The van der Waals surface area contributed by atoms with Gasteiger partial charge in [0.25, 0.3) is 11.8 Å². The first kappa shape index (κ1) is 13.3. The molecule has 0 fully saturated rings. The molecule has 0 aromatic heterocycles. The number of nitrogens with one attached hydrogen (secondary N) is 2. The Bertz CT molecular complexity index is 900. The van der Waals surface area contributed by atoms with Crippen LogP contribution in [0.15, 0.2) is 40.9 Å². The standard InChI is InChI=1S/C17H11BrN2O2/c1-8-6-9(18)7-11-14(17(22)20-15(8)11)13-10-4-2-3-5-12(10)19-16(13)21/h2-7H,1H3,(H,19,21)(H,20,22). The molecular weight excluding hydrogens is 344 g/mol. The molecule has 0 atom stereocenters. The van der Waals surface area contributed by atoms with Crippen molar-refractivity contribution in [3.8, 4) is 0 Å². The lowest BCUT2D eigenvalue weighted by molar-refractivity contribution is -0.112. The Balaban J connectivity index is 2.06. The van der Waals surface area contributed by atoms with Crippen molar-refractivity contribution < 1.29 is 9.59 Å². The number of benzene rings is 2. The van der Waals surface area contributed by atoms with Gasteiger partial charge in [0.05, 0.1) is 16.8 Å². The summed E-state index contributed by atoms with van der Waals surface area (Å²) in [7, 11) is 0. The van der Waals surface area contributed by atoms with Crippen molar-refractivity contribution in [2.75, 3.05) is 10.6 Å². The molecule has 2 amide bonds. The Morgan fingerprint density at radius 1 is 0.909 bits per heavy atom. The molecule has 5 heteroatoms. The summed E-state index contributed by atoms with van der Waals surface area (Å²) in [5.74, 6) is -0.477. The second kappa shape index (κ2) is 4.55. The maximum absolute atomic E-state index is 12.5. The molecule has 0 radical (unpaired) electrons. The van der Waals surface area contributed by atoms with Gasteiger partial charge in [-0.25, -0.2) is 0 Å². The number of rotatable bonds is 0. The fourth-order valence-electron chi connectivity index (χ4n) is 3.02. The molecule has 2 N–H and O–H groups in total. The van der Waals surface area contributed by atoms with Gasteiger partial charge in [0.2, 0.25) is 0 Å². The molecular formula is C17H11BrN2O2. The van der Waals surface area contributed by atoms with Crippen LogP contribution in [-0.4, -0.2) is 11.8 Å². The van der Waals surface area contributed by atoms with Crippen LogP contribution in [0.4, 0.5) is 11.4 Å². The first-order valence-corrected chi connectivity index (χ1v) is 7.62. The predicted octanol–water partition coefficient (Wildman–Crippen LogP) is 3.57. The fraction of sp³-hybridized carbons (Fsp3) is 0.0588. The number of anilines is 2. The van der Waals surface area contributed by atoms with Crippen LogP contribution < -0.4 is 10.6 Å². The Morgan fingerprint density at radius 3 is 2.41 bits per heavy atom. The summed E-state index contributed by atoms with van der Waals surface area (Å²) in [6.07, 6.45) is 0. The molecule has 0 bridgehead atoms. The van der Waals surface area contributed by atoms with Crippen LogP contribution >= 0.6 is 15.9 Å². The highest BCUT2D eigenvalue weighted by Gasteiger charge is 2.35. The predicted molar refractivity (Wildman–Crippen MR) is 89.4 cm³/mol. The van der Waals surface area contributed by atoms with Crippen molar-refractivity contribution in [3.05, 3.63) is 57.6 Å².